The molecule has 0 aromatic heterocycles. The second-order valence-corrected chi connectivity index (χ2v) is 3.75. The number of carbonyl (C=O) groups excluding carboxylic acids is 1. The summed E-state index contributed by atoms with van der Waals surface area (Å²) >= 11 is 0. The van der Waals surface area contributed by atoms with Crippen molar-refractivity contribution in [3.8, 4) is 0 Å². The molecular formula is C11H10NO3. The van der Waals surface area contributed by atoms with Crippen LogP contribution in [0.1, 0.15) is 28.8 Å². The molecule has 0 spiro atoms. The van der Waals surface area contributed by atoms with Crippen LogP contribution in [0.3, 0.4) is 0 Å². The highest BCUT2D eigenvalue weighted by Crippen LogP contribution is 2.35. The molecule has 1 aliphatic rings. The number of nitrogens with zero attached hydrogens (tertiary/aromatic N) is 1. The Labute approximate surface area is 87.1 Å². The van der Waals surface area contributed by atoms with Gasteiger partial charge in [-0.3, -0.25) is 14.9 Å². The van der Waals surface area contributed by atoms with Gasteiger partial charge in [-0.1, -0.05) is 6.07 Å². The molecule has 1 aromatic carbocycles. The molecule has 1 saturated carbocycles. The van der Waals surface area contributed by atoms with Crippen LogP contribution >= 0.6 is 0 Å². The minimum absolute atomic E-state index is 0.000588. The molecule has 0 aliphatic heterocycles. The Balaban J connectivity index is 2.44. The highest BCUT2D eigenvalue weighted by Gasteiger charge is 2.34. The molecule has 2 rings (SSSR count). The van der Waals surface area contributed by atoms with Gasteiger partial charge >= 0.3 is 0 Å². The zero-order valence-electron chi connectivity index (χ0n) is 8.10. The fourth-order valence-electron chi connectivity index (χ4n) is 1.50. The highest BCUT2D eigenvalue weighted by atomic mass is 16.6. The van der Waals surface area contributed by atoms with Gasteiger partial charge in [0.25, 0.3) is 5.69 Å². The van der Waals surface area contributed by atoms with E-state index in [9.17, 15) is 14.9 Å². The van der Waals surface area contributed by atoms with E-state index in [0.717, 1.165) is 12.8 Å². The van der Waals surface area contributed by atoms with Gasteiger partial charge in [-0.2, -0.15) is 0 Å². The molecular weight excluding hydrogens is 194 g/mol. The van der Waals surface area contributed by atoms with Crippen molar-refractivity contribution in [3.05, 3.63) is 46.4 Å². The summed E-state index contributed by atoms with van der Waals surface area (Å²) in [6.07, 6.45) is 1.70. The topological polar surface area (TPSA) is 60.2 Å². The number of Topliss-reactive ketones (excluding diaryl/α,β-unsaturated/α-hetero) is 1. The monoisotopic (exact) mass is 204 g/mol. The first kappa shape index (κ1) is 9.83. The Morgan fingerprint density at radius 3 is 2.67 bits per heavy atom. The van der Waals surface area contributed by atoms with Gasteiger partial charge in [0, 0.05) is 12.0 Å². The standard InChI is InChI=1S/C11H10NO3/c1-7-2-5-9(10(6-7)12(14)15)11(13)8-3-4-8/h2,5-6,8H,1,3-4H2. The molecule has 1 aliphatic carbocycles. The lowest BCUT2D eigenvalue weighted by atomic mass is 10.0. The third-order valence-electron chi connectivity index (χ3n) is 2.47. The van der Waals surface area contributed by atoms with Crippen LogP contribution in [0.5, 0.6) is 0 Å². The quantitative estimate of drug-likeness (QED) is 0.431. The van der Waals surface area contributed by atoms with Crippen molar-refractivity contribution in [3.63, 3.8) is 0 Å². The van der Waals surface area contributed by atoms with Gasteiger partial charge in [0.05, 0.1) is 10.5 Å². The van der Waals surface area contributed by atoms with E-state index in [4.69, 9.17) is 0 Å². The van der Waals surface area contributed by atoms with Crippen LogP contribution in [0.15, 0.2) is 18.2 Å². The molecule has 4 nitrogen and oxygen atoms in total. The van der Waals surface area contributed by atoms with E-state index in [0.29, 0.717) is 5.56 Å². The molecule has 1 fully saturated rings. The van der Waals surface area contributed by atoms with Crippen LogP contribution < -0.4 is 0 Å². The van der Waals surface area contributed by atoms with Crippen molar-refractivity contribution in [1.82, 2.24) is 0 Å². The second-order valence-electron chi connectivity index (χ2n) is 3.75. The molecule has 0 bridgehead atoms. The van der Waals surface area contributed by atoms with Gasteiger partial charge < -0.3 is 0 Å². The van der Waals surface area contributed by atoms with Crippen LogP contribution in [-0.2, 0) is 0 Å². The Morgan fingerprint density at radius 2 is 2.13 bits per heavy atom. The van der Waals surface area contributed by atoms with Gasteiger partial charge in [0.2, 0.25) is 0 Å². The average molecular weight is 204 g/mol. The number of nitro benzene ring substituents is 1. The lowest BCUT2D eigenvalue weighted by Crippen LogP contribution is -2.05. The van der Waals surface area contributed by atoms with Gasteiger partial charge in [-0.15, -0.1) is 0 Å². The number of nitro groups is 1. The molecule has 15 heavy (non-hydrogen) atoms. The van der Waals surface area contributed by atoms with Crippen molar-refractivity contribution in [2.45, 2.75) is 12.8 Å². The first-order chi connectivity index (χ1) is 7.09. The van der Waals surface area contributed by atoms with E-state index < -0.39 is 4.92 Å². The highest BCUT2D eigenvalue weighted by molar-refractivity contribution is 6.02. The molecule has 0 unspecified atom stereocenters. The smallest absolute Gasteiger partial charge is 0.280 e. The minimum Gasteiger partial charge on any atom is -0.294 e. The minimum atomic E-state index is -0.524. The normalized spacial score (nSPS) is 15.0. The first-order valence-corrected chi connectivity index (χ1v) is 4.74. The summed E-state index contributed by atoms with van der Waals surface area (Å²) in [5.41, 5.74) is 0.642. The van der Waals surface area contributed by atoms with Crippen LogP contribution in [0.2, 0.25) is 0 Å². The third-order valence-corrected chi connectivity index (χ3v) is 2.47. The SMILES string of the molecule is [CH2]c1ccc(C(=O)C2CC2)c([N+](=O)[O-])c1. The van der Waals surface area contributed by atoms with Crippen molar-refractivity contribution in [2.24, 2.45) is 5.92 Å². The summed E-state index contributed by atoms with van der Waals surface area (Å²) in [6.45, 7) is 3.61. The number of hydrogen-bond acceptors (Lipinski definition) is 3. The summed E-state index contributed by atoms with van der Waals surface area (Å²) in [5.74, 6) is -0.110. The van der Waals surface area contributed by atoms with Crippen LogP contribution in [0.4, 0.5) is 5.69 Å². The fraction of sp³-hybridized carbons (Fsp3) is 0.273. The summed E-state index contributed by atoms with van der Waals surface area (Å²) in [4.78, 5) is 21.9. The van der Waals surface area contributed by atoms with E-state index in [2.05, 4.69) is 6.92 Å². The third kappa shape index (κ3) is 1.88. The summed E-state index contributed by atoms with van der Waals surface area (Å²) < 4.78 is 0. The largest absolute Gasteiger partial charge is 0.294 e. The molecule has 0 N–H and O–H groups in total. The number of ketones is 1. The van der Waals surface area contributed by atoms with Gasteiger partial charge in [-0.05, 0) is 31.4 Å². The average Bonchev–Trinajstić information content (AvgIpc) is 2.99. The van der Waals surface area contributed by atoms with Crippen molar-refractivity contribution >= 4 is 11.5 Å². The maximum atomic E-state index is 11.7. The predicted molar refractivity (Wildman–Crippen MR) is 54.6 cm³/mol. The molecule has 0 heterocycles. The Bertz CT molecular complexity index is 435. The van der Waals surface area contributed by atoms with E-state index >= 15 is 0 Å². The zero-order valence-corrected chi connectivity index (χ0v) is 8.10. The summed E-state index contributed by atoms with van der Waals surface area (Å²) in [6, 6.07) is 4.47. The van der Waals surface area contributed by atoms with Crippen molar-refractivity contribution in [1.29, 1.82) is 0 Å². The Hall–Kier alpha value is -1.71. The van der Waals surface area contributed by atoms with E-state index in [1.807, 2.05) is 0 Å². The molecule has 0 saturated heterocycles. The lowest BCUT2D eigenvalue weighted by Gasteiger charge is -2.01. The van der Waals surface area contributed by atoms with E-state index in [1.54, 1.807) is 6.07 Å². The van der Waals surface area contributed by atoms with E-state index in [1.165, 1.54) is 12.1 Å². The number of rotatable bonds is 3. The van der Waals surface area contributed by atoms with E-state index in [-0.39, 0.29) is 23.0 Å². The van der Waals surface area contributed by atoms with Crippen LogP contribution in [0, 0.1) is 23.0 Å². The molecule has 1 radical (unpaired) electrons. The molecule has 0 amide bonds. The molecule has 1 aromatic rings. The zero-order chi connectivity index (χ0) is 11.0. The first-order valence-electron chi connectivity index (χ1n) is 4.74. The van der Waals surface area contributed by atoms with Gasteiger partial charge in [-0.25, -0.2) is 0 Å². The predicted octanol–water partition coefficient (Wildman–Crippen LogP) is 2.37. The van der Waals surface area contributed by atoms with Crippen LogP contribution in [-0.4, -0.2) is 10.7 Å². The maximum absolute atomic E-state index is 11.7. The van der Waals surface area contributed by atoms with Crippen molar-refractivity contribution < 1.29 is 9.72 Å². The fourth-order valence-corrected chi connectivity index (χ4v) is 1.50. The lowest BCUT2D eigenvalue weighted by molar-refractivity contribution is -0.385. The molecule has 4 heteroatoms. The Kier molecular flexibility index (Phi) is 2.26. The number of carbonyl (C=O) groups is 1. The Morgan fingerprint density at radius 1 is 1.47 bits per heavy atom. The van der Waals surface area contributed by atoms with Gasteiger partial charge in [0.1, 0.15) is 0 Å². The number of hydrogen-bond donors (Lipinski definition) is 0. The summed E-state index contributed by atoms with van der Waals surface area (Å²) in [7, 11) is 0. The molecule has 77 valence electrons. The van der Waals surface area contributed by atoms with Crippen LogP contribution in [0.25, 0.3) is 0 Å². The summed E-state index contributed by atoms with van der Waals surface area (Å²) in [5, 5.41) is 10.7. The van der Waals surface area contributed by atoms with Crippen molar-refractivity contribution in [2.75, 3.05) is 0 Å². The number of benzene rings is 1. The second kappa shape index (κ2) is 3.46. The van der Waals surface area contributed by atoms with Gasteiger partial charge in [0.15, 0.2) is 5.78 Å². The molecule has 0 atom stereocenters. The maximum Gasteiger partial charge on any atom is 0.280 e.